The van der Waals surface area contributed by atoms with Crippen molar-refractivity contribution >= 4 is 0 Å². The molecule has 72 valence electrons. The number of aliphatic hydroxyl groups excluding tert-OH is 1. The molecule has 2 heteroatoms. The van der Waals surface area contributed by atoms with E-state index in [1.54, 1.807) is 0 Å². The van der Waals surface area contributed by atoms with Crippen molar-refractivity contribution < 1.29 is 5.11 Å². The topological polar surface area (TPSA) is 25.2 Å². The molecular weight excluding hydrogens is 162 g/mol. The van der Waals surface area contributed by atoms with E-state index < -0.39 is 0 Å². The Morgan fingerprint density at radius 1 is 1.69 bits per heavy atom. The van der Waals surface area contributed by atoms with Gasteiger partial charge in [-0.15, -0.1) is 0 Å². The van der Waals surface area contributed by atoms with Crippen LogP contribution in [0.2, 0.25) is 0 Å². The molecule has 0 saturated heterocycles. The summed E-state index contributed by atoms with van der Waals surface area (Å²) in [7, 11) is 0. The largest absolute Gasteiger partial charge is 0.388 e. The summed E-state index contributed by atoms with van der Waals surface area (Å²) in [6, 6.07) is 1.96. The molecular formula is C11H17NO. The van der Waals surface area contributed by atoms with E-state index in [-0.39, 0.29) is 6.10 Å². The summed E-state index contributed by atoms with van der Waals surface area (Å²) < 4.78 is 2.04. The SMILES string of the molecule is C=C(C)Cn1ccc(C(O)CC)c1. The predicted molar refractivity (Wildman–Crippen MR) is 54.5 cm³/mol. The molecule has 1 atom stereocenters. The van der Waals surface area contributed by atoms with Crippen LogP contribution in [0.4, 0.5) is 0 Å². The number of hydrogen-bond donors (Lipinski definition) is 1. The highest BCUT2D eigenvalue weighted by atomic mass is 16.3. The summed E-state index contributed by atoms with van der Waals surface area (Å²) in [5.74, 6) is 0. The molecule has 0 fully saturated rings. The van der Waals surface area contributed by atoms with Gasteiger partial charge in [-0.3, -0.25) is 0 Å². The maximum Gasteiger partial charge on any atom is 0.0802 e. The molecule has 1 N–H and O–H groups in total. The molecule has 1 rings (SSSR count). The maximum absolute atomic E-state index is 9.54. The van der Waals surface area contributed by atoms with Crippen molar-refractivity contribution in [3.8, 4) is 0 Å². The van der Waals surface area contributed by atoms with Gasteiger partial charge in [0, 0.05) is 18.9 Å². The number of aromatic nitrogens is 1. The lowest BCUT2D eigenvalue weighted by atomic mass is 10.1. The molecule has 1 aromatic heterocycles. The lowest BCUT2D eigenvalue weighted by Crippen LogP contribution is -1.96. The summed E-state index contributed by atoms with van der Waals surface area (Å²) >= 11 is 0. The molecule has 0 aromatic carbocycles. The summed E-state index contributed by atoms with van der Waals surface area (Å²) in [6.07, 6.45) is 4.38. The van der Waals surface area contributed by atoms with Crippen LogP contribution in [-0.4, -0.2) is 9.67 Å². The van der Waals surface area contributed by atoms with Crippen LogP contribution in [0, 0.1) is 0 Å². The fraction of sp³-hybridized carbons (Fsp3) is 0.455. The third-order valence-corrected chi connectivity index (χ3v) is 2.00. The molecule has 0 radical (unpaired) electrons. The quantitative estimate of drug-likeness (QED) is 0.706. The van der Waals surface area contributed by atoms with Crippen molar-refractivity contribution in [2.24, 2.45) is 0 Å². The highest BCUT2D eigenvalue weighted by Gasteiger charge is 2.05. The Labute approximate surface area is 79.5 Å². The van der Waals surface area contributed by atoms with Crippen LogP contribution in [0.1, 0.15) is 31.9 Å². The van der Waals surface area contributed by atoms with Gasteiger partial charge >= 0.3 is 0 Å². The number of rotatable bonds is 4. The van der Waals surface area contributed by atoms with E-state index in [4.69, 9.17) is 0 Å². The Bertz CT molecular complexity index is 288. The van der Waals surface area contributed by atoms with Gasteiger partial charge in [-0.1, -0.05) is 19.1 Å². The second kappa shape index (κ2) is 4.28. The first kappa shape index (κ1) is 10.1. The fourth-order valence-electron chi connectivity index (χ4n) is 1.30. The van der Waals surface area contributed by atoms with E-state index in [1.165, 1.54) is 0 Å². The molecule has 1 heterocycles. The lowest BCUT2D eigenvalue weighted by Gasteiger charge is -2.04. The van der Waals surface area contributed by atoms with Crippen LogP contribution in [0.5, 0.6) is 0 Å². The zero-order valence-electron chi connectivity index (χ0n) is 8.33. The zero-order valence-corrected chi connectivity index (χ0v) is 8.33. The minimum atomic E-state index is -0.327. The van der Waals surface area contributed by atoms with Gasteiger partial charge in [0.2, 0.25) is 0 Å². The minimum Gasteiger partial charge on any atom is -0.388 e. The summed E-state index contributed by atoms with van der Waals surface area (Å²) in [4.78, 5) is 0. The van der Waals surface area contributed by atoms with Crippen molar-refractivity contribution in [1.29, 1.82) is 0 Å². The third-order valence-electron chi connectivity index (χ3n) is 2.00. The summed E-state index contributed by atoms with van der Waals surface area (Å²) in [6.45, 7) is 8.64. The Hall–Kier alpha value is -1.02. The standard InChI is InChI=1S/C11H17NO/c1-4-11(13)10-5-6-12(8-10)7-9(2)3/h5-6,8,11,13H,2,4,7H2,1,3H3. The van der Waals surface area contributed by atoms with E-state index in [0.717, 1.165) is 24.1 Å². The van der Waals surface area contributed by atoms with E-state index in [9.17, 15) is 5.11 Å². The molecule has 2 nitrogen and oxygen atoms in total. The van der Waals surface area contributed by atoms with Gasteiger partial charge < -0.3 is 9.67 Å². The van der Waals surface area contributed by atoms with Crippen LogP contribution in [0.25, 0.3) is 0 Å². The number of aliphatic hydroxyl groups is 1. The monoisotopic (exact) mass is 179 g/mol. The van der Waals surface area contributed by atoms with E-state index in [1.807, 2.05) is 36.9 Å². The van der Waals surface area contributed by atoms with Crippen LogP contribution in [-0.2, 0) is 6.54 Å². The fourth-order valence-corrected chi connectivity index (χ4v) is 1.30. The first-order valence-corrected chi connectivity index (χ1v) is 4.61. The van der Waals surface area contributed by atoms with Crippen molar-refractivity contribution in [3.63, 3.8) is 0 Å². The molecule has 0 amide bonds. The highest BCUT2D eigenvalue weighted by Crippen LogP contribution is 2.16. The van der Waals surface area contributed by atoms with Crippen LogP contribution >= 0.6 is 0 Å². The number of allylic oxidation sites excluding steroid dienone is 1. The molecule has 0 saturated carbocycles. The average molecular weight is 179 g/mol. The van der Waals surface area contributed by atoms with Gasteiger partial charge in [0.1, 0.15) is 0 Å². The maximum atomic E-state index is 9.54. The average Bonchev–Trinajstić information content (AvgIpc) is 2.50. The summed E-state index contributed by atoms with van der Waals surface area (Å²) in [5.41, 5.74) is 2.11. The van der Waals surface area contributed by atoms with Gasteiger partial charge in [-0.2, -0.15) is 0 Å². The second-order valence-corrected chi connectivity index (χ2v) is 3.50. The van der Waals surface area contributed by atoms with Crippen LogP contribution in [0.3, 0.4) is 0 Å². The Kier molecular flexibility index (Phi) is 3.32. The number of hydrogen-bond acceptors (Lipinski definition) is 1. The molecule has 0 aliphatic heterocycles. The molecule has 13 heavy (non-hydrogen) atoms. The van der Waals surface area contributed by atoms with Crippen molar-refractivity contribution in [2.45, 2.75) is 32.9 Å². The molecule has 0 aliphatic rings. The Morgan fingerprint density at radius 3 is 2.92 bits per heavy atom. The lowest BCUT2D eigenvalue weighted by molar-refractivity contribution is 0.173. The van der Waals surface area contributed by atoms with Crippen molar-refractivity contribution in [3.05, 3.63) is 36.2 Å². The molecule has 0 aliphatic carbocycles. The van der Waals surface area contributed by atoms with Gasteiger partial charge in [0.15, 0.2) is 0 Å². The molecule has 0 bridgehead atoms. The first-order chi connectivity index (χ1) is 6.13. The zero-order chi connectivity index (χ0) is 9.84. The van der Waals surface area contributed by atoms with Crippen LogP contribution < -0.4 is 0 Å². The normalized spacial score (nSPS) is 12.8. The van der Waals surface area contributed by atoms with Crippen molar-refractivity contribution in [2.75, 3.05) is 0 Å². The molecule has 0 spiro atoms. The Balaban J connectivity index is 2.68. The van der Waals surface area contributed by atoms with Gasteiger partial charge in [0.25, 0.3) is 0 Å². The summed E-state index contributed by atoms with van der Waals surface area (Å²) in [5, 5.41) is 9.54. The predicted octanol–water partition coefficient (Wildman–Crippen LogP) is 2.51. The first-order valence-electron chi connectivity index (χ1n) is 4.61. The molecule has 1 unspecified atom stereocenters. The van der Waals surface area contributed by atoms with Gasteiger partial charge in [-0.05, 0) is 25.0 Å². The van der Waals surface area contributed by atoms with Crippen molar-refractivity contribution in [1.82, 2.24) is 4.57 Å². The third kappa shape index (κ3) is 2.74. The minimum absolute atomic E-state index is 0.327. The van der Waals surface area contributed by atoms with E-state index >= 15 is 0 Å². The van der Waals surface area contributed by atoms with Gasteiger partial charge in [-0.25, -0.2) is 0 Å². The second-order valence-electron chi connectivity index (χ2n) is 3.50. The van der Waals surface area contributed by atoms with E-state index in [0.29, 0.717) is 0 Å². The molecule has 1 aromatic rings. The highest BCUT2D eigenvalue weighted by molar-refractivity contribution is 5.14. The smallest absolute Gasteiger partial charge is 0.0802 e. The Morgan fingerprint density at radius 2 is 2.38 bits per heavy atom. The van der Waals surface area contributed by atoms with E-state index in [2.05, 4.69) is 6.58 Å². The number of nitrogens with zero attached hydrogens (tertiary/aromatic N) is 1. The van der Waals surface area contributed by atoms with Gasteiger partial charge in [0.05, 0.1) is 6.10 Å². The van der Waals surface area contributed by atoms with Crippen LogP contribution in [0.15, 0.2) is 30.6 Å².